The first-order valence-electron chi connectivity index (χ1n) is 9.71. The zero-order valence-electron chi connectivity index (χ0n) is 16.9. The molecule has 0 aliphatic heterocycles. The van der Waals surface area contributed by atoms with Crippen molar-refractivity contribution in [2.45, 2.75) is 13.1 Å². The van der Waals surface area contributed by atoms with E-state index in [0.29, 0.717) is 42.4 Å². The van der Waals surface area contributed by atoms with E-state index in [4.69, 9.17) is 4.74 Å². The van der Waals surface area contributed by atoms with Gasteiger partial charge in [-0.3, -0.25) is 4.79 Å². The van der Waals surface area contributed by atoms with E-state index in [2.05, 4.69) is 25.7 Å². The maximum atomic E-state index is 13.1. The van der Waals surface area contributed by atoms with Crippen molar-refractivity contribution in [2.24, 2.45) is 0 Å². The van der Waals surface area contributed by atoms with E-state index in [0.717, 1.165) is 10.9 Å². The van der Waals surface area contributed by atoms with Crippen LogP contribution in [0.2, 0.25) is 0 Å². The first-order chi connectivity index (χ1) is 15.1. The Morgan fingerprint density at radius 1 is 1.16 bits per heavy atom. The van der Waals surface area contributed by atoms with Gasteiger partial charge in [0.2, 0.25) is 0 Å². The lowest BCUT2D eigenvalue weighted by molar-refractivity contribution is 0.0951. The molecule has 1 amide bonds. The predicted octanol–water partition coefficient (Wildman–Crippen LogP) is 3.02. The topological polar surface area (TPSA) is 94.0 Å². The third kappa shape index (κ3) is 4.77. The van der Waals surface area contributed by atoms with E-state index in [-0.39, 0.29) is 11.7 Å². The molecule has 2 aromatic heterocycles. The molecule has 2 aromatic carbocycles. The van der Waals surface area contributed by atoms with Crippen LogP contribution in [0, 0.1) is 5.82 Å². The number of nitrogens with zero attached hydrogens (tertiary/aromatic N) is 4. The molecule has 0 saturated carbocycles. The smallest absolute Gasteiger partial charge is 0.251 e. The molecule has 4 rings (SSSR count). The van der Waals surface area contributed by atoms with Crippen molar-refractivity contribution in [3.63, 3.8) is 0 Å². The molecule has 31 heavy (non-hydrogen) atoms. The van der Waals surface area contributed by atoms with Crippen LogP contribution in [0.25, 0.3) is 11.0 Å². The number of halogens is 1. The Hall–Kier alpha value is -4.01. The van der Waals surface area contributed by atoms with Crippen LogP contribution in [-0.2, 0) is 13.1 Å². The Labute approximate surface area is 178 Å². The highest BCUT2D eigenvalue weighted by atomic mass is 19.1. The number of rotatable bonds is 8. The number of hydrogen-bond donors (Lipinski definition) is 2. The van der Waals surface area contributed by atoms with Gasteiger partial charge in [-0.1, -0.05) is 18.2 Å². The van der Waals surface area contributed by atoms with E-state index >= 15 is 0 Å². The monoisotopic (exact) mass is 420 g/mol. The van der Waals surface area contributed by atoms with E-state index in [1.807, 2.05) is 0 Å². The van der Waals surface area contributed by atoms with Gasteiger partial charge >= 0.3 is 0 Å². The maximum Gasteiger partial charge on any atom is 0.251 e. The third-order valence-electron chi connectivity index (χ3n) is 4.75. The highest BCUT2D eigenvalue weighted by Gasteiger charge is 2.11. The molecule has 4 aromatic rings. The molecule has 8 nitrogen and oxygen atoms in total. The molecular formula is C22H21FN6O2. The number of fused-ring (bicyclic) bond motifs is 1. The molecule has 2 heterocycles. The molecule has 0 fully saturated rings. The number of amides is 1. The lowest BCUT2D eigenvalue weighted by atomic mass is 10.2. The molecular weight excluding hydrogens is 399 g/mol. The molecule has 0 spiro atoms. The number of ether oxygens (including phenoxy) is 1. The Morgan fingerprint density at radius 2 is 2.00 bits per heavy atom. The fraction of sp³-hybridized carbons (Fsp3) is 0.182. The molecule has 0 aliphatic rings. The van der Waals surface area contributed by atoms with Crippen LogP contribution >= 0.6 is 0 Å². The van der Waals surface area contributed by atoms with Gasteiger partial charge in [-0.2, -0.15) is 5.10 Å². The maximum absolute atomic E-state index is 13.1. The summed E-state index contributed by atoms with van der Waals surface area (Å²) in [7, 11) is 1.56. The summed E-state index contributed by atoms with van der Waals surface area (Å²) < 4.78 is 19.9. The fourth-order valence-electron chi connectivity index (χ4n) is 3.13. The summed E-state index contributed by atoms with van der Waals surface area (Å²) in [5, 5.41) is 11.2. The summed E-state index contributed by atoms with van der Waals surface area (Å²) >= 11 is 0. The Kier molecular flexibility index (Phi) is 6.02. The number of anilines is 1. The summed E-state index contributed by atoms with van der Waals surface area (Å²) in [6.07, 6.45) is 3.15. The minimum Gasteiger partial charge on any atom is -0.497 e. The Morgan fingerprint density at radius 3 is 2.81 bits per heavy atom. The quantitative estimate of drug-likeness (QED) is 0.455. The Bertz CT molecular complexity index is 1190. The van der Waals surface area contributed by atoms with Gasteiger partial charge < -0.3 is 15.4 Å². The second-order valence-corrected chi connectivity index (χ2v) is 6.80. The summed E-state index contributed by atoms with van der Waals surface area (Å²) in [5.41, 5.74) is 2.12. The first-order valence-corrected chi connectivity index (χ1v) is 9.71. The SMILES string of the molecule is COc1cccc(C(=O)NCCn2ncc3c(NCc4ccc(F)cc4)ncnc32)c1. The van der Waals surface area contributed by atoms with Gasteiger partial charge in [-0.15, -0.1) is 0 Å². The number of methoxy groups -OCH3 is 1. The molecule has 0 aliphatic carbocycles. The highest BCUT2D eigenvalue weighted by Crippen LogP contribution is 2.19. The number of aromatic nitrogens is 4. The van der Waals surface area contributed by atoms with Crippen molar-refractivity contribution >= 4 is 22.8 Å². The van der Waals surface area contributed by atoms with Gasteiger partial charge in [-0.05, 0) is 35.9 Å². The molecule has 2 N–H and O–H groups in total. The van der Waals surface area contributed by atoms with E-state index < -0.39 is 0 Å². The van der Waals surface area contributed by atoms with Gasteiger partial charge in [0.15, 0.2) is 5.65 Å². The zero-order chi connectivity index (χ0) is 21.6. The second kappa shape index (κ2) is 9.21. The summed E-state index contributed by atoms with van der Waals surface area (Å²) in [6, 6.07) is 13.2. The molecule has 0 unspecified atom stereocenters. The minimum atomic E-state index is -0.270. The van der Waals surface area contributed by atoms with Crippen LogP contribution in [0.3, 0.4) is 0 Å². The molecule has 9 heteroatoms. The number of hydrogen-bond acceptors (Lipinski definition) is 6. The average Bonchev–Trinajstić information content (AvgIpc) is 3.22. The van der Waals surface area contributed by atoms with E-state index in [9.17, 15) is 9.18 Å². The molecule has 0 radical (unpaired) electrons. The van der Waals surface area contributed by atoms with Gasteiger partial charge in [0.05, 0.1) is 25.2 Å². The largest absolute Gasteiger partial charge is 0.497 e. The molecule has 0 bridgehead atoms. The third-order valence-corrected chi connectivity index (χ3v) is 4.75. The predicted molar refractivity (Wildman–Crippen MR) is 114 cm³/mol. The lowest BCUT2D eigenvalue weighted by Crippen LogP contribution is -2.27. The average molecular weight is 420 g/mol. The zero-order valence-corrected chi connectivity index (χ0v) is 16.9. The van der Waals surface area contributed by atoms with Gasteiger partial charge in [0, 0.05) is 18.7 Å². The summed E-state index contributed by atoms with van der Waals surface area (Å²) in [5.74, 6) is 0.809. The standard InChI is InChI=1S/C22H21FN6O2/c1-31-18-4-2-3-16(11-18)22(30)24-9-10-29-21-19(13-28-29)20(26-14-27-21)25-12-15-5-7-17(23)8-6-15/h2-8,11,13-14H,9-10,12H2,1H3,(H,24,30)(H,25,26,27). The minimum absolute atomic E-state index is 0.188. The van der Waals surface area contributed by atoms with Crippen molar-refractivity contribution in [2.75, 3.05) is 19.0 Å². The first kappa shape index (κ1) is 20.3. The van der Waals surface area contributed by atoms with Crippen LogP contribution < -0.4 is 15.4 Å². The van der Waals surface area contributed by atoms with Gasteiger partial charge in [0.1, 0.15) is 23.7 Å². The molecule has 0 atom stereocenters. The van der Waals surface area contributed by atoms with Crippen LogP contribution in [-0.4, -0.2) is 39.3 Å². The number of benzene rings is 2. The number of carbonyl (C=O) groups is 1. The normalized spacial score (nSPS) is 10.8. The van der Waals surface area contributed by atoms with Gasteiger partial charge in [0.25, 0.3) is 5.91 Å². The number of nitrogens with one attached hydrogen (secondary N) is 2. The van der Waals surface area contributed by atoms with Crippen molar-refractivity contribution in [3.8, 4) is 5.75 Å². The van der Waals surface area contributed by atoms with Crippen LogP contribution in [0.5, 0.6) is 5.75 Å². The van der Waals surface area contributed by atoms with Crippen LogP contribution in [0.4, 0.5) is 10.2 Å². The van der Waals surface area contributed by atoms with Crippen molar-refractivity contribution < 1.29 is 13.9 Å². The van der Waals surface area contributed by atoms with E-state index in [1.165, 1.54) is 18.5 Å². The molecule has 0 saturated heterocycles. The lowest BCUT2D eigenvalue weighted by Gasteiger charge is -2.08. The van der Waals surface area contributed by atoms with Gasteiger partial charge in [-0.25, -0.2) is 19.0 Å². The Balaban J connectivity index is 1.39. The highest BCUT2D eigenvalue weighted by molar-refractivity contribution is 5.94. The fourth-order valence-corrected chi connectivity index (χ4v) is 3.13. The van der Waals surface area contributed by atoms with Crippen molar-refractivity contribution in [1.82, 2.24) is 25.1 Å². The van der Waals surface area contributed by atoms with Crippen molar-refractivity contribution in [1.29, 1.82) is 0 Å². The van der Waals surface area contributed by atoms with E-state index in [1.54, 1.807) is 54.4 Å². The summed E-state index contributed by atoms with van der Waals surface area (Å²) in [6.45, 7) is 1.33. The number of carbonyl (C=O) groups excluding carboxylic acids is 1. The second-order valence-electron chi connectivity index (χ2n) is 6.80. The van der Waals surface area contributed by atoms with Crippen LogP contribution in [0.1, 0.15) is 15.9 Å². The summed E-state index contributed by atoms with van der Waals surface area (Å²) in [4.78, 5) is 20.9. The molecule has 158 valence electrons. The van der Waals surface area contributed by atoms with Crippen LogP contribution in [0.15, 0.2) is 61.1 Å². The van der Waals surface area contributed by atoms with Crippen molar-refractivity contribution in [3.05, 3.63) is 78.0 Å².